The SMILES string of the molecule is CCCCc1cc(OC(=O)O)cc(=O)n1Cc1ccc(-c2ccccc2-c2nn[nH]n2)cn1. The number of H-pyrrole nitrogens is 1. The van der Waals surface area contributed by atoms with E-state index in [0.717, 1.165) is 29.5 Å². The average molecular weight is 446 g/mol. The first-order valence-electron chi connectivity index (χ1n) is 10.5. The van der Waals surface area contributed by atoms with E-state index >= 15 is 0 Å². The first kappa shape index (κ1) is 21.9. The number of carboxylic acid groups (broad SMARTS) is 1. The number of carbonyl (C=O) groups is 1. The number of aromatic nitrogens is 6. The number of benzene rings is 1. The molecule has 0 atom stereocenters. The number of rotatable bonds is 8. The van der Waals surface area contributed by atoms with Crippen LogP contribution in [0.4, 0.5) is 4.79 Å². The second-order valence-corrected chi connectivity index (χ2v) is 7.40. The van der Waals surface area contributed by atoms with Crippen LogP contribution in [0.2, 0.25) is 0 Å². The predicted octanol–water partition coefficient (Wildman–Crippen LogP) is 3.54. The zero-order valence-electron chi connectivity index (χ0n) is 17.9. The lowest BCUT2D eigenvalue weighted by Gasteiger charge is -2.14. The van der Waals surface area contributed by atoms with Crippen molar-refractivity contribution in [3.8, 4) is 28.3 Å². The van der Waals surface area contributed by atoms with Crippen LogP contribution < -0.4 is 10.3 Å². The summed E-state index contributed by atoms with van der Waals surface area (Å²) < 4.78 is 6.30. The Morgan fingerprint density at radius 2 is 1.97 bits per heavy atom. The Morgan fingerprint density at radius 3 is 2.64 bits per heavy atom. The van der Waals surface area contributed by atoms with E-state index in [0.29, 0.717) is 23.6 Å². The van der Waals surface area contributed by atoms with Gasteiger partial charge in [0.1, 0.15) is 5.75 Å². The van der Waals surface area contributed by atoms with Crippen molar-refractivity contribution < 1.29 is 14.6 Å². The Balaban J connectivity index is 1.63. The van der Waals surface area contributed by atoms with E-state index in [-0.39, 0.29) is 17.9 Å². The van der Waals surface area contributed by atoms with Crippen molar-refractivity contribution in [1.82, 2.24) is 30.2 Å². The van der Waals surface area contributed by atoms with Gasteiger partial charge in [-0.2, -0.15) is 5.21 Å². The topological polar surface area (TPSA) is 136 Å². The van der Waals surface area contributed by atoms with Gasteiger partial charge in [-0.1, -0.05) is 43.7 Å². The van der Waals surface area contributed by atoms with Crippen molar-refractivity contribution in [2.24, 2.45) is 0 Å². The van der Waals surface area contributed by atoms with Crippen LogP contribution in [-0.4, -0.2) is 41.4 Å². The molecule has 1 aromatic carbocycles. The third-order valence-corrected chi connectivity index (χ3v) is 5.15. The van der Waals surface area contributed by atoms with Crippen molar-refractivity contribution in [1.29, 1.82) is 0 Å². The lowest BCUT2D eigenvalue weighted by Crippen LogP contribution is -2.24. The lowest BCUT2D eigenvalue weighted by molar-refractivity contribution is 0.144. The van der Waals surface area contributed by atoms with Crippen molar-refractivity contribution >= 4 is 6.16 Å². The number of unbranched alkanes of at least 4 members (excludes halogenated alkanes) is 1. The van der Waals surface area contributed by atoms with Gasteiger partial charge in [-0.3, -0.25) is 9.78 Å². The smallest absolute Gasteiger partial charge is 0.449 e. The number of hydrogen-bond acceptors (Lipinski definition) is 7. The number of ether oxygens (including phenoxy) is 1. The van der Waals surface area contributed by atoms with Crippen LogP contribution in [0, 0.1) is 0 Å². The number of tetrazole rings is 1. The van der Waals surface area contributed by atoms with Gasteiger partial charge in [-0.15, -0.1) is 10.2 Å². The Labute approximate surface area is 188 Å². The van der Waals surface area contributed by atoms with Crippen LogP contribution in [0.25, 0.3) is 22.5 Å². The molecule has 10 heteroatoms. The maximum atomic E-state index is 12.7. The van der Waals surface area contributed by atoms with Crippen molar-refractivity contribution in [3.05, 3.63) is 76.5 Å². The molecule has 0 amide bonds. The maximum Gasteiger partial charge on any atom is 0.511 e. The highest BCUT2D eigenvalue weighted by Gasteiger charge is 2.13. The van der Waals surface area contributed by atoms with Crippen LogP contribution >= 0.6 is 0 Å². The summed E-state index contributed by atoms with van der Waals surface area (Å²) in [5.74, 6) is 0.515. The molecule has 0 fully saturated rings. The normalized spacial score (nSPS) is 10.8. The highest BCUT2D eigenvalue weighted by Crippen LogP contribution is 2.29. The number of aryl methyl sites for hydroxylation is 1. The van der Waals surface area contributed by atoms with Gasteiger partial charge in [-0.05, 0) is 29.7 Å². The minimum Gasteiger partial charge on any atom is -0.449 e. The molecule has 2 N–H and O–H groups in total. The quantitative estimate of drug-likeness (QED) is 0.392. The number of pyridine rings is 2. The third-order valence-electron chi connectivity index (χ3n) is 5.15. The minimum absolute atomic E-state index is 0.0243. The van der Waals surface area contributed by atoms with Gasteiger partial charge in [0.2, 0.25) is 5.82 Å². The summed E-state index contributed by atoms with van der Waals surface area (Å²) in [7, 11) is 0. The zero-order chi connectivity index (χ0) is 23.2. The van der Waals surface area contributed by atoms with Crippen molar-refractivity contribution in [3.63, 3.8) is 0 Å². The summed E-state index contributed by atoms with van der Waals surface area (Å²) in [6, 6.07) is 14.3. The van der Waals surface area contributed by atoms with Crippen LogP contribution in [0.5, 0.6) is 5.75 Å². The van der Waals surface area contributed by atoms with Gasteiger partial charge in [0.25, 0.3) is 5.56 Å². The fourth-order valence-electron chi connectivity index (χ4n) is 3.57. The number of nitrogens with zero attached hydrogens (tertiary/aromatic N) is 5. The van der Waals surface area contributed by atoms with E-state index in [1.165, 1.54) is 6.07 Å². The molecule has 0 aliphatic rings. The van der Waals surface area contributed by atoms with E-state index in [1.54, 1.807) is 16.8 Å². The van der Waals surface area contributed by atoms with Gasteiger partial charge in [0, 0.05) is 35.2 Å². The summed E-state index contributed by atoms with van der Waals surface area (Å²) in [4.78, 5) is 28.1. The van der Waals surface area contributed by atoms with E-state index in [1.807, 2.05) is 43.3 Å². The molecule has 0 unspecified atom stereocenters. The van der Waals surface area contributed by atoms with Gasteiger partial charge in [0.15, 0.2) is 0 Å². The summed E-state index contributed by atoms with van der Waals surface area (Å²) in [5.41, 5.74) is 3.68. The van der Waals surface area contributed by atoms with E-state index in [9.17, 15) is 9.59 Å². The molecule has 0 bridgehead atoms. The minimum atomic E-state index is -1.45. The van der Waals surface area contributed by atoms with Crippen LogP contribution in [0.1, 0.15) is 31.2 Å². The van der Waals surface area contributed by atoms with E-state index in [4.69, 9.17) is 9.84 Å². The Hall–Kier alpha value is -4.34. The molecule has 3 heterocycles. The number of hydrogen-bond donors (Lipinski definition) is 2. The largest absolute Gasteiger partial charge is 0.511 e. The molecule has 0 saturated carbocycles. The summed E-state index contributed by atoms with van der Waals surface area (Å²) in [6.45, 7) is 2.31. The van der Waals surface area contributed by atoms with Gasteiger partial charge in [-0.25, -0.2) is 4.79 Å². The fourth-order valence-corrected chi connectivity index (χ4v) is 3.57. The highest BCUT2D eigenvalue weighted by atomic mass is 16.7. The molecule has 0 aliphatic carbocycles. The first-order valence-corrected chi connectivity index (χ1v) is 10.5. The second-order valence-electron chi connectivity index (χ2n) is 7.40. The standard InChI is InChI=1S/C23H22N6O4/c1-2-3-6-17-11-18(33-23(31)32)12-21(30)29(17)14-16-10-9-15(13-24-16)19-7-4-5-8-20(19)22-25-27-28-26-22/h4-5,7-13H,2-3,6,14H2,1H3,(H,31,32)(H,25,26,27,28). The zero-order valence-corrected chi connectivity index (χ0v) is 17.9. The first-order chi connectivity index (χ1) is 16.0. The van der Waals surface area contributed by atoms with E-state index in [2.05, 4.69) is 25.6 Å². The molecule has 0 radical (unpaired) electrons. The molecular weight excluding hydrogens is 424 g/mol. The summed E-state index contributed by atoms with van der Waals surface area (Å²) in [5, 5.41) is 23.1. The molecular formula is C23H22N6O4. The third kappa shape index (κ3) is 5.12. The van der Waals surface area contributed by atoms with Gasteiger partial charge < -0.3 is 14.4 Å². The Bertz CT molecular complexity index is 1300. The van der Waals surface area contributed by atoms with E-state index < -0.39 is 6.16 Å². The molecule has 3 aromatic heterocycles. The molecule has 168 valence electrons. The molecule has 4 rings (SSSR count). The lowest BCUT2D eigenvalue weighted by atomic mass is 10.0. The molecule has 10 nitrogen and oxygen atoms in total. The predicted molar refractivity (Wildman–Crippen MR) is 120 cm³/mol. The maximum absolute atomic E-state index is 12.7. The average Bonchev–Trinajstić information content (AvgIpc) is 3.34. The molecule has 33 heavy (non-hydrogen) atoms. The Morgan fingerprint density at radius 1 is 1.15 bits per heavy atom. The highest BCUT2D eigenvalue weighted by molar-refractivity contribution is 5.79. The number of aromatic amines is 1. The van der Waals surface area contributed by atoms with Crippen LogP contribution in [0.3, 0.4) is 0 Å². The summed E-state index contributed by atoms with van der Waals surface area (Å²) >= 11 is 0. The van der Waals surface area contributed by atoms with Gasteiger partial charge in [0.05, 0.1) is 12.2 Å². The second kappa shape index (κ2) is 9.86. The van der Waals surface area contributed by atoms with Crippen molar-refractivity contribution in [2.75, 3.05) is 0 Å². The van der Waals surface area contributed by atoms with Crippen molar-refractivity contribution in [2.45, 2.75) is 32.7 Å². The Kier molecular flexibility index (Phi) is 6.53. The fraction of sp³-hybridized carbons (Fsp3) is 0.217. The van der Waals surface area contributed by atoms with Gasteiger partial charge >= 0.3 is 6.16 Å². The molecule has 4 aromatic rings. The molecule has 0 spiro atoms. The molecule has 0 aliphatic heterocycles. The van der Waals surface area contributed by atoms with Crippen LogP contribution in [0.15, 0.2) is 59.5 Å². The van der Waals surface area contributed by atoms with Crippen LogP contribution in [-0.2, 0) is 13.0 Å². The molecule has 0 saturated heterocycles. The summed E-state index contributed by atoms with van der Waals surface area (Å²) in [6.07, 6.45) is 2.71. The monoisotopic (exact) mass is 446 g/mol. The number of nitrogens with one attached hydrogen (secondary N) is 1.